The van der Waals surface area contributed by atoms with E-state index in [9.17, 15) is 0 Å². The van der Waals surface area contributed by atoms with Crippen molar-refractivity contribution in [3.8, 4) is 68.2 Å². The summed E-state index contributed by atoms with van der Waals surface area (Å²) in [5.74, 6) is 1.60. The number of imidazole rings is 2. The Morgan fingerprint density at radius 2 is 0.627 bits per heavy atom. The summed E-state index contributed by atoms with van der Waals surface area (Å²) in [4.78, 5) is 42.0. The Bertz CT molecular complexity index is 5340. The van der Waals surface area contributed by atoms with Crippen LogP contribution in [0.3, 0.4) is 0 Å². The van der Waals surface area contributed by atoms with Crippen molar-refractivity contribution in [3.63, 3.8) is 0 Å². The van der Waals surface area contributed by atoms with Gasteiger partial charge >= 0.3 is 7.12 Å². The second kappa shape index (κ2) is 29.2. The summed E-state index contributed by atoms with van der Waals surface area (Å²) in [5.41, 5.74) is 19.7. The summed E-state index contributed by atoms with van der Waals surface area (Å²) < 4.78 is 17.3. The highest BCUT2D eigenvalue weighted by Gasteiger charge is 2.52. The maximum absolute atomic E-state index is 6.15. The summed E-state index contributed by atoms with van der Waals surface area (Å²) in [6.45, 7) is 8.21. The normalized spacial score (nSPS) is 12.8. The lowest BCUT2D eigenvalue weighted by Crippen LogP contribution is -2.41. The van der Waals surface area contributed by atoms with Gasteiger partial charge in [-0.05, 0) is 183 Å². The van der Waals surface area contributed by atoms with Crippen LogP contribution in [0.1, 0.15) is 27.7 Å². The van der Waals surface area contributed by atoms with Gasteiger partial charge in [0.2, 0.25) is 0 Å². The summed E-state index contributed by atoms with van der Waals surface area (Å²) >= 11 is 3.32. The van der Waals surface area contributed by atoms with Crippen molar-refractivity contribution in [2.24, 2.45) is 0 Å². The van der Waals surface area contributed by atoms with E-state index in [1.54, 1.807) is 18.6 Å². The van der Waals surface area contributed by atoms with Crippen molar-refractivity contribution in [2.45, 2.75) is 38.9 Å². The highest BCUT2D eigenvalue weighted by Crippen LogP contribution is 2.40. The largest absolute Gasteiger partial charge is 0.496 e. The number of para-hydroxylation sites is 10. The molecule has 0 saturated carbocycles. The van der Waals surface area contributed by atoms with Crippen LogP contribution in [0.4, 0.5) is 34.1 Å². The Morgan fingerprint density at radius 3 is 0.990 bits per heavy atom. The molecule has 1 aliphatic heterocycles. The zero-order valence-corrected chi connectivity index (χ0v) is 58.1. The van der Waals surface area contributed by atoms with Crippen LogP contribution in [0.5, 0.6) is 0 Å². The van der Waals surface area contributed by atoms with Gasteiger partial charge in [0.05, 0.1) is 75.1 Å². The van der Waals surface area contributed by atoms with Crippen molar-refractivity contribution >= 4 is 84.7 Å². The number of pyridine rings is 2. The van der Waals surface area contributed by atoms with E-state index in [0.29, 0.717) is 0 Å². The molecule has 14 nitrogen and oxygen atoms in total. The zero-order chi connectivity index (χ0) is 69.4. The molecule has 6 aromatic heterocycles. The number of aromatic nitrogens is 10. The average molecular weight is 1390 g/mol. The van der Waals surface area contributed by atoms with Crippen LogP contribution >= 0.6 is 15.9 Å². The van der Waals surface area contributed by atoms with Crippen molar-refractivity contribution in [1.29, 1.82) is 0 Å². The second-order valence-electron chi connectivity index (χ2n) is 25.3. The SMILES string of the molecule is Brc1cnc(-c2ccc(N(c3ccccc3)c3ccccc3)cc2)cn1.CC1(C)OB(c2ccc(-c3nc4ccccc4n3-c3ccccc3)nc2)OC1(C)C.c1ccc(N(c2ccccc2)c2ccc(-c3cnc(-c4ccc(-c5nc6ccccc6n5-c5ccccc5)nc4)cn3)cc2)cc1. The molecular formula is C86H68BBrN12O2. The number of hydrogen-bond acceptors (Lipinski definition) is 12. The molecule has 0 atom stereocenters. The van der Waals surface area contributed by atoms with Gasteiger partial charge in [0.25, 0.3) is 0 Å². The average Bonchev–Trinajstić information content (AvgIpc) is 1.62. The molecule has 0 N–H and O–H groups in total. The number of rotatable bonds is 14. The Morgan fingerprint density at radius 1 is 0.304 bits per heavy atom. The van der Waals surface area contributed by atoms with E-state index in [2.05, 4.69) is 255 Å². The number of hydrogen-bond donors (Lipinski definition) is 0. The second-order valence-corrected chi connectivity index (χ2v) is 26.1. The Balaban J connectivity index is 0.000000131. The van der Waals surface area contributed by atoms with Crippen LogP contribution in [-0.4, -0.2) is 67.3 Å². The van der Waals surface area contributed by atoms with Gasteiger partial charge in [-0.25, -0.2) is 15.0 Å². The lowest BCUT2D eigenvalue weighted by atomic mass is 9.80. The van der Waals surface area contributed by atoms with Gasteiger partial charge in [0, 0.05) is 80.0 Å². The first kappa shape index (κ1) is 65.6. The fraction of sp³-hybridized carbons (Fsp3) is 0.0698. The van der Waals surface area contributed by atoms with Crippen molar-refractivity contribution in [1.82, 2.24) is 49.0 Å². The van der Waals surface area contributed by atoms with E-state index >= 15 is 0 Å². The van der Waals surface area contributed by atoms with Gasteiger partial charge in [-0.2, -0.15) is 0 Å². The third-order valence-electron chi connectivity index (χ3n) is 18.2. The molecule has 0 bridgehead atoms. The highest BCUT2D eigenvalue weighted by atomic mass is 79.9. The number of nitrogens with zero attached hydrogens (tertiary/aromatic N) is 12. The maximum atomic E-state index is 6.15. The first-order chi connectivity index (χ1) is 50.0. The standard InChI is InChI=1S/C40H28N6.C24H24BN3O2.C22H16BrN3/c1-4-12-31(13-5-1)45(32-14-6-2-7-15-32)34-23-20-29(21-24-34)37-27-43-38(28-42-37)30-22-25-36(41-26-30)40-44-35-18-10-11-19-39(35)46(40)33-16-8-3-9-17-33;1-23(2)24(3,4)30-25(29-23)17-14-15-20(26-16-17)22-27-19-12-8-9-13-21(19)28(22)18-10-6-5-7-11-18;23-22-16-24-21(15-25-22)17-11-13-20(14-12-17)26(18-7-3-1-4-8-18)19-9-5-2-6-10-19/h1-28H;5-16H,1-4H3;1-16H. The number of halogens is 1. The highest BCUT2D eigenvalue weighted by molar-refractivity contribution is 9.10. The van der Waals surface area contributed by atoms with E-state index in [-0.39, 0.29) is 11.2 Å². The van der Waals surface area contributed by atoms with E-state index in [1.165, 1.54) is 0 Å². The molecule has 102 heavy (non-hydrogen) atoms. The molecule has 0 aliphatic carbocycles. The van der Waals surface area contributed by atoms with E-state index in [4.69, 9.17) is 39.2 Å². The van der Waals surface area contributed by atoms with E-state index in [0.717, 1.165) is 134 Å². The maximum Gasteiger partial charge on any atom is 0.496 e. The Kier molecular flexibility index (Phi) is 18.8. The molecular weight excluding hydrogens is 1320 g/mol. The lowest BCUT2D eigenvalue weighted by molar-refractivity contribution is 0.00578. The van der Waals surface area contributed by atoms with Crippen molar-refractivity contribution in [2.75, 3.05) is 9.80 Å². The minimum absolute atomic E-state index is 0.377. The third kappa shape index (κ3) is 14.0. The third-order valence-corrected chi connectivity index (χ3v) is 18.6. The first-order valence-corrected chi connectivity index (χ1v) is 34.4. The molecule has 10 aromatic carbocycles. The number of benzene rings is 10. The zero-order valence-electron chi connectivity index (χ0n) is 56.5. The van der Waals surface area contributed by atoms with Crippen molar-refractivity contribution < 1.29 is 9.31 Å². The molecule has 7 heterocycles. The summed E-state index contributed by atoms with van der Waals surface area (Å²) in [6.07, 6.45) is 10.8. The summed E-state index contributed by atoms with van der Waals surface area (Å²) in [5, 5.41) is 0. The molecule has 16 aromatic rings. The minimum atomic E-state index is -0.426. The molecule has 1 fully saturated rings. The number of fused-ring (bicyclic) bond motifs is 2. The lowest BCUT2D eigenvalue weighted by Gasteiger charge is -2.32. The minimum Gasteiger partial charge on any atom is -0.399 e. The van der Waals surface area contributed by atoms with Crippen LogP contribution in [0.2, 0.25) is 0 Å². The molecule has 17 rings (SSSR count). The predicted molar refractivity (Wildman–Crippen MR) is 415 cm³/mol. The van der Waals surface area contributed by atoms with Gasteiger partial charge in [-0.1, -0.05) is 164 Å². The topological polar surface area (TPSA) is 138 Å². The Labute approximate surface area is 601 Å². The van der Waals surface area contributed by atoms with Crippen LogP contribution in [0, 0.1) is 0 Å². The fourth-order valence-electron chi connectivity index (χ4n) is 12.3. The monoisotopic (exact) mass is 1390 g/mol. The summed E-state index contributed by atoms with van der Waals surface area (Å²) in [6, 6.07) is 103. The van der Waals surface area contributed by atoms with Gasteiger partial charge in [0.15, 0.2) is 11.6 Å². The number of anilines is 6. The van der Waals surface area contributed by atoms with E-state index < -0.39 is 7.12 Å². The predicted octanol–water partition coefficient (Wildman–Crippen LogP) is 20.4. The Hall–Kier alpha value is -12.3. The van der Waals surface area contributed by atoms with Crippen molar-refractivity contribution in [3.05, 3.63) is 345 Å². The molecule has 0 unspecified atom stereocenters. The molecule has 16 heteroatoms. The fourth-order valence-corrected chi connectivity index (χ4v) is 12.5. The molecule has 494 valence electrons. The van der Waals surface area contributed by atoms with Crippen LogP contribution in [-0.2, 0) is 9.31 Å². The molecule has 0 spiro atoms. The van der Waals surface area contributed by atoms with Gasteiger partial charge in [-0.3, -0.25) is 34.1 Å². The molecule has 1 aliphatic rings. The first-order valence-electron chi connectivity index (χ1n) is 33.6. The van der Waals surface area contributed by atoms with Gasteiger partial charge in [0.1, 0.15) is 16.0 Å². The van der Waals surface area contributed by atoms with Gasteiger partial charge in [-0.15, -0.1) is 0 Å². The van der Waals surface area contributed by atoms with E-state index in [1.807, 2.05) is 140 Å². The quantitative estimate of drug-likeness (QED) is 0.0958. The molecule has 0 amide bonds. The smallest absolute Gasteiger partial charge is 0.399 e. The van der Waals surface area contributed by atoms with Crippen LogP contribution in [0.15, 0.2) is 345 Å². The summed E-state index contributed by atoms with van der Waals surface area (Å²) in [7, 11) is -0.426. The van der Waals surface area contributed by atoms with Crippen LogP contribution < -0.4 is 15.3 Å². The molecule has 0 radical (unpaired) electrons. The molecule has 1 saturated heterocycles. The van der Waals surface area contributed by atoms with Gasteiger partial charge < -0.3 is 19.1 Å². The van der Waals surface area contributed by atoms with Crippen LogP contribution in [0.25, 0.3) is 90.3 Å².